The van der Waals surface area contributed by atoms with Crippen LogP contribution in [0.5, 0.6) is 0 Å². The van der Waals surface area contributed by atoms with Crippen molar-refractivity contribution in [3.63, 3.8) is 0 Å². The second-order valence-electron chi connectivity index (χ2n) is 6.85. The SMILES string of the molecule is Cc1ccc(Cn2nc(C)c(C(=O)n3ccccc3=NC(C)C)c2Cl)cc1. The number of benzene rings is 1. The van der Waals surface area contributed by atoms with Crippen LogP contribution in [0.1, 0.15) is 41.0 Å². The van der Waals surface area contributed by atoms with Crippen molar-refractivity contribution in [1.29, 1.82) is 0 Å². The Morgan fingerprint density at radius 3 is 2.52 bits per heavy atom. The highest BCUT2D eigenvalue weighted by Gasteiger charge is 2.22. The topological polar surface area (TPSA) is 52.2 Å². The van der Waals surface area contributed by atoms with Crippen LogP contribution in [0.25, 0.3) is 0 Å². The van der Waals surface area contributed by atoms with Crippen LogP contribution in [0.15, 0.2) is 53.7 Å². The van der Waals surface area contributed by atoms with Crippen LogP contribution in [-0.2, 0) is 6.54 Å². The number of aryl methyl sites for hydroxylation is 2. The summed E-state index contributed by atoms with van der Waals surface area (Å²) in [6, 6.07) is 13.7. The Hall–Kier alpha value is -2.66. The Bertz CT molecular complexity index is 1030. The maximum Gasteiger partial charge on any atom is 0.268 e. The van der Waals surface area contributed by atoms with E-state index in [4.69, 9.17) is 11.6 Å². The summed E-state index contributed by atoms with van der Waals surface area (Å²) in [6.45, 7) is 8.30. The summed E-state index contributed by atoms with van der Waals surface area (Å²) >= 11 is 6.55. The maximum absolute atomic E-state index is 13.2. The molecule has 6 heteroatoms. The molecule has 0 aliphatic rings. The predicted molar refractivity (Wildman–Crippen MR) is 107 cm³/mol. The van der Waals surface area contributed by atoms with Gasteiger partial charge in [0.05, 0.1) is 12.2 Å². The van der Waals surface area contributed by atoms with Crippen molar-refractivity contribution in [1.82, 2.24) is 14.3 Å². The van der Waals surface area contributed by atoms with Crippen molar-refractivity contribution in [3.05, 3.63) is 81.7 Å². The summed E-state index contributed by atoms with van der Waals surface area (Å²) in [5.41, 5.74) is 3.87. The van der Waals surface area contributed by atoms with Gasteiger partial charge in [0.2, 0.25) is 0 Å². The summed E-state index contributed by atoms with van der Waals surface area (Å²) in [5, 5.41) is 4.82. The number of aromatic nitrogens is 3. The van der Waals surface area contributed by atoms with Gasteiger partial charge in [0.25, 0.3) is 5.91 Å². The van der Waals surface area contributed by atoms with Gasteiger partial charge in [-0.3, -0.25) is 14.4 Å². The molecule has 0 unspecified atom stereocenters. The van der Waals surface area contributed by atoms with E-state index in [1.54, 1.807) is 23.9 Å². The van der Waals surface area contributed by atoms with Gasteiger partial charge in [-0.05, 0) is 45.4 Å². The zero-order valence-corrected chi connectivity index (χ0v) is 16.7. The number of nitrogens with zero attached hydrogens (tertiary/aromatic N) is 4. The predicted octanol–water partition coefficient (Wildman–Crippen LogP) is 4.00. The van der Waals surface area contributed by atoms with Gasteiger partial charge >= 0.3 is 0 Å². The molecular formula is C21H23ClN4O. The number of carbonyl (C=O) groups is 1. The number of rotatable bonds is 4. The molecule has 0 bridgehead atoms. The fourth-order valence-corrected chi connectivity index (χ4v) is 3.18. The first kappa shape index (κ1) is 19.1. The van der Waals surface area contributed by atoms with E-state index >= 15 is 0 Å². The first-order valence-corrected chi connectivity index (χ1v) is 9.29. The van der Waals surface area contributed by atoms with Gasteiger partial charge in [-0.15, -0.1) is 0 Å². The number of pyridine rings is 1. The van der Waals surface area contributed by atoms with Gasteiger partial charge < -0.3 is 0 Å². The zero-order valence-electron chi connectivity index (χ0n) is 16.0. The first-order chi connectivity index (χ1) is 12.9. The second kappa shape index (κ2) is 7.92. The normalized spacial score (nSPS) is 12.0. The lowest BCUT2D eigenvalue weighted by Crippen LogP contribution is -2.28. The summed E-state index contributed by atoms with van der Waals surface area (Å²) in [6.07, 6.45) is 1.70. The molecule has 3 aromatic rings. The van der Waals surface area contributed by atoms with Gasteiger partial charge in [-0.25, -0.2) is 4.68 Å². The van der Waals surface area contributed by atoms with E-state index < -0.39 is 0 Å². The number of halogens is 1. The molecule has 0 N–H and O–H groups in total. The van der Waals surface area contributed by atoms with Crippen LogP contribution in [0, 0.1) is 13.8 Å². The monoisotopic (exact) mass is 382 g/mol. The molecule has 0 spiro atoms. The highest BCUT2D eigenvalue weighted by atomic mass is 35.5. The largest absolute Gasteiger partial charge is 0.268 e. The van der Waals surface area contributed by atoms with E-state index in [1.165, 1.54) is 10.1 Å². The first-order valence-electron chi connectivity index (χ1n) is 8.91. The average Bonchev–Trinajstić information content (AvgIpc) is 2.90. The molecule has 0 radical (unpaired) electrons. The Kier molecular flexibility index (Phi) is 5.61. The molecule has 1 aromatic carbocycles. The van der Waals surface area contributed by atoms with Crippen molar-refractivity contribution in [2.45, 2.75) is 40.3 Å². The lowest BCUT2D eigenvalue weighted by molar-refractivity contribution is 0.0954. The molecule has 0 fully saturated rings. The molecule has 3 rings (SSSR count). The third-order valence-electron chi connectivity index (χ3n) is 4.18. The zero-order chi connectivity index (χ0) is 19.6. The van der Waals surface area contributed by atoms with Crippen LogP contribution in [0.2, 0.25) is 5.15 Å². The summed E-state index contributed by atoms with van der Waals surface area (Å²) in [5.74, 6) is -0.229. The van der Waals surface area contributed by atoms with Crippen LogP contribution < -0.4 is 5.49 Å². The molecule has 5 nitrogen and oxygen atoms in total. The Morgan fingerprint density at radius 2 is 1.85 bits per heavy atom. The van der Waals surface area contributed by atoms with Crippen molar-refractivity contribution < 1.29 is 4.79 Å². The summed E-state index contributed by atoms with van der Waals surface area (Å²) in [4.78, 5) is 17.7. The third-order valence-corrected chi connectivity index (χ3v) is 4.56. The van der Waals surface area contributed by atoms with E-state index in [2.05, 4.69) is 10.1 Å². The lowest BCUT2D eigenvalue weighted by atomic mass is 10.1. The maximum atomic E-state index is 13.2. The Labute approximate surface area is 163 Å². The standard InChI is InChI=1S/C21H23ClN4O/c1-14(2)23-18-7-5-6-12-25(18)21(27)19-16(4)24-26(20(19)22)13-17-10-8-15(3)9-11-17/h5-12,14H,13H2,1-4H3. The van der Waals surface area contributed by atoms with Crippen molar-refractivity contribution >= 4 is 17.5 Å². The molecule has 0 aliphatic heterocycles. The number of hydrogen-bond acceptors (Lipinski definition) is 3. The van der Waals surface area contributed by atoms with E-state index in [1.807, 2.05) is 57.2 Å². The third kappa shape index (κ3) is 4.19. The fourth-order valence-electron chi connectivity index (χ4n) is 2.86. The van der Waals surface area contributed by atoms with E-state index in [0.717, 1.165) is 5.56 Å². The Balaban J connectivity index is 2.00. The quantitative estimate of drug-likeness (QED) is 0.684. The molecule has 2 heterocycles. The molecule has 0 saturated carbocycles. The molecule has 0 amide bonds. The molecule has 2 aromatic heterocycles. The summed E-state index contributed by atoms with van der Waals surface area (Å²) in [7, 11) is 0. The van der Waals surface area contributed by atoms with Crippen LogP contribution in [-0.4, -0.2) is 26.3 Å². The minimum atomic E-state index is -0.229. The minimum Gasteiger partial charge on any atom is -0.268 e. The smallest absolute Gasteiger partial charge is 0.268 e. The molecule has 0 saturated heterocycles. The van der Waals surface area contributed by atoms with Crippen molar-refractivity contribution in [2.75, 3.05) is 0 Å². The van der Waals surface area contributed by atoms with Crippen LogP contribution >= 0.6 is 11.6 Å². The summed E-state index contributed by atoms with van der Waals surface area (Å²) < 4.78 is 3.18. The lowest BCUT2D eigenvalue weighted by Gasteiger charge is -2.08. The van der Waals surface area contributed by atoms with Gasteiger partial charge in [-0.1, -0.05) is 47.5 Å². The average molecular weight is 383 g/mol. The molecule has 0 atom stereocenters. The fraction of sp³-hybridized carbons (Fsp3) is 0.286. The highest BCUT2D eigenvalue weighted by molar-refractivity contribution is 6.33. The molecular weight excluding hydrogens is 360 g/mol. The number of hydrogen-bond donors (Lipinski definition) is 0. The van der Waals surface area contributed by atoms with Gasteiger partial charge in [-0.2, -0.15) is 5.10 Å². The number of carbonyl (C=O) groups excluding carboxylic acids is 1. The van der Waals surface area contributed by atoms with Crippen LogP contribution in [0.3, 0.4) is 0 Å². The molecule has 140 valence electrons. The highest BCUT2D eigenvalue weighted by Crippen LogP contribution is 2.22. The molecule has 0 aliphatic carbocycles. The van der Waals surface area contributed by atoms with E-state index in [0.29, 0.717) is 28.4 Å². The second-order valence-corrected chi connectivity index (χ2v) is 7.21. The van der Waals surface area contributed by atoms with E-state index in [-0.39, 0.29) is 11.9 Å². The Morgan fingerprint density at radius 1 is 1.15 bits per heavy atom. The van der Waals surface area contributed by atoms with E-state index in [9.17, 15) is 4.79 Å². The van der Waals surface area contributed by atoms with Crippen molar-refractivity contribution in [2.24, 2.45) is 4.99 Å². The van der Waals surface area contributed by atoms with Crippen LogP contribution in [0.4, 0.5) is 0 Å². The van der Waals surface area contributed by atoms with Gasteiger partial charge in [0.15, 0.2) is 0 Å². The minimum absolute atomic E-state index is 0.0762. The van der Waals surface area contributed by atoms with Gasteiger partial charge in [0, 0.05) is 12.2 Å². The van der Waals surface area contributed by atoms with Crippen molar-refractivity contribution in [3.8, 4) is 0 Å². The molecule has 27 heavy (non-hydrogen) atoms. The van der Waals surface area contributed by atoms with Gasteiger partial charge in [0.1, 0.15) is 16.2 Å².